The van der Waals surface area contributed by atoms with Crippen molar-refractivity contribution in [2.45, 2.75) is 6.92 Å². The molecule has 0 heterocycles. The molecule has 0 saturated heterocycles. The van der Waals surface area contributed by atoms with Crippen molar-refractivity contribution >= 4 is 17.6 Å². The number of methoxy groups -OCH3 is 1. The summed E-state index contributed by atoms with van der Waals surface area (Å²) >= 11 is 0. The average molecular weight is 368 g/mol. The SMILES string of the molecule is CCOc1ccc(C(=O)OCC(=O)N(CC#N)c2ccccc2)cc1OC. The van der Waals surface area contributed by atoms with Gasteiger partial charge in [0.05, 0.1) is 25.3 Å². The summed E-state index contributed by atoms with van der Waals surface area (Å²) in [6.45, 7) is 1.68. The predicted molar refractivity (Wildman–Crippen MR) is 98.9 cm³/mol. The minimum absolute atomic E-state index is 0.142. The first-order valence-electron chi connectivity index (χ1n) is 8.31. The van der Waals surface area contributed by atoms with Crippen molar-refractivity contribution in [3.05, 3.63) is 54.1 Å². The Labute approximate surface area is 157 Å². The predicted octanol–water partition coefficient (Wildman–Crippen LogP) is 2.81. The number of nitriles is 1. The normalized spacial score (nSPS) is 9.81. The summed E-state index contributed by atoms with van der Waals surface area (Å²) in [5.41, 5.74) is 0.789. The molecule has 2 rings (SSSR count). The fraction of sp³-hybridized carbons (Fsp3) is 0.250. The highest BCUT2D eigenvalue weighted by atomic mass is 16.5. The third-order valence-electron chi connectivity index (χ3n) is 3.62. The topological polar surface area (TPSA) is 88.9 Å². The number of hydrogen-bond donors (Lipinski definition) is 0. The van der Waals surface area contributed by atoms with Gasteiger partial charge in [-0.1, -0.05) is 18.2 Å². The number of ether oxygens (including phenoxy) is 3. The fourth-order valence-electron chi connectivity index (χ4n) is 2.36. The highest BCUT2D eigenvalue weighted by Gasteiger charge is 2.19. The Morgan fingerprint density at radius 2 is 1.85 bits per heavy atom. The average Bonchev–Trinajstić information content (AvgIpc) is 2.71. The van der Waals surface area contributed by atoms with Gasteiger partial charge in [0.1, 0.15) is 6.54 Å². The number of carbonyl (C=O) groups excluding carboxylic acids is 2. The van der Waals surface area contributed by atoms with E-state index in [4.69, 9.17) is 19.5 Å². The number of benzene rings is 2. The molecular formula is C20H20N2O5. The largest absolute Gasteiger partial charge is 0.493 e. The van der Waals surface area contributed by atoms with Crippen molar-refractivity contribution in [1.82, 2.24) is 0 Å². The van der Waals surface area contributed by atoms with Crippen LogP contribution in [0.4, 0.5) is 5.69 Å². The zero-order valence-electron chi connectivity index (χ0n) is 15.2. The van der Waals surface area contributed by atoms with Gasteiger partial charge in [0, 0.05) is 5.69 Å². The third-order valence-corrected chi connectivity index (χ3v) is 3.62. The molecule has 0 fully saturated rings. The van der Waals surface area contributed by atoms with Crippen LogP contribution in [-0.2, 0) is 9.53 Å². The second-order valence-corrected chi connectivity index (χ2v) is 5.35. The zero-order valence-corrected chi connectivity index (χ0v) is 15.2. The van der Waals surface area contributed by atoms with E-state index in [1.807, 2.05) is 13.0 Å². The molecule has 27 heavy (non-hydrogen) atoms. The van der Waals surface area contributed by atoms with Gasteiger partial charge in [-0.3, -0.25) is 9.69 Å². The lowest BCUT2D eigenvalue weighted by molar-refractivity contribution is -0.121. The lowest BCUT2D eigenvalue weighted by atomic mass is 10.2. The van der Waals surface area contributed by atoms with E-state index < -0.39 is 18.5 Å². The molecule has 0 aliphatic carbocycles. The van der Waals surface area contributed by atoms with Gasteiger partial charge in [-0.05, 0) is 37.3 Å². The van der Waals surface area contributed by atoms with Gasteiger partial charge < -0.3 is 14.2 Å². The number of hydrogen-bond acceptors (Lipinski definition) is 6. The molecule has 7 heteroatoms. The standard InChI is InChI=1S/C20H20N2O5/c1-3-26-17-10-9-15(13-18(17)25-2)20(24)27-14-19(23)22(12-11-21)16-7-5-4-6-8-16/h4-10,13H,3,12,14H2,1-2H3. The van der Waals surface area contributed by atoms with Gasteiger partial charge >= 0.3 is 5.97 Å². The fourth-order valence-corrected chi connectivity index (χ4v) is 2.36. The Morgan fingerprint density at radius 3 is 2.48 bits per heavy atom. The first kappa shape index (κ1) is 19.8. The van der Waals surface area contributed by atoms with Crippen LogP contribution in [0.25, 0.3) is 0 Å². The second-order valence-electron chi connectivity index (χ2n) is 5.35. The van der Waals surface area contributed by atoms with E-state index in [1.54, 1.807) is 36.4 Å². The summed E-state index contributed by atoms with van der Waals surface area (Å²) in [7, 11) is 1.47. The van der Waals surface area contributed by atoms with Crippen LogP contribution in [0.15, 0.2) is 48.5 Å². The maximum atomic E-state index is 12.4. The van der Waals surface area contributed by atoms with Crippen LogP contribution < -0.4 is 14.4 Å². The first-order valence-corrected chi connectivity index (χ1v) is 8.31. The molecule has 0 aliphatic heterocycles. The molecule has 0 radical (unpaired) electrons. The van der Waals surface area contributed by atoms with Crippen LogP contribution >= 0.6 is 0 Å². The van der Waals surface area contributed by atoms with Crippen molar-refractivity contribution in [2.75, 3.05) is 31.8 Å². The molecule has 0 unspecified atom stereocenters. The molecule has 0 aromatic heterocycles. The zero-order chi connectivity index (χ0) is 19.6. The van der Waals surface area contributed by atoms with Crippen LogP contribution in [0.3, 0.4) is 0 Å². The Kier molecular flexibility index (Phi) is 7.20. The summed E-state index contributed by atoms with van der Waals surface area (Å²) in [6.07, 6.45) is 0. The van der Waals surface area contributed by atoms with E-state index in [0.717, 1.165) is 0 Å². The highest BCUT2D eigenvalue weighted by molar-refractivity contribution is 5.97. The van der Waals surface area contributed by atoms with Crippen LogP contribution in [-0.4, -0.2) is 38.7 Å². The van der Waals surface area contributed by atoms with Gasteiger partial charge in [-0.2, -0.15) is 5.26 Å². The number of esters is 1. The quantitative estimate of drug-likeness (QED) is 0.526. The molecule has 0 N–H and O–H groups in total. The molecule has 2 aromatic carbocycles. The number of amides is 1. The van der Waals surface area contributed by atoms with Gasteiger partial charge in [0.2, 0.25) is 0 Å². The van der Waals surface area contributed by atoms with Gasteiger partial charge in [-0.25, -0.2) is 4.79 Å². The van der Waals surface area contributed by atoms with E-state index >= 15 is 0 Å². The van der Waals surface area contributed by atoms with Crippen LogP contribution in [0.5, 0.6) is 11.5 Å². The molecular weight excluding hydrogens is 348 g/mol. The molecule has 7 nitrogen and oxygen atoms in total. The maximum Gasteiger partial charge on any atom is 0.338 e. The summed E-state index contributed by atoms with van der Waals surface area (Å²) in [5, 5.41) is 8.95. The lowest BCUT2D eigenvalue weighted by Crippen LogP contribution is -2.35. The number of rotatable bonds is 8. The Balaban J connectivity index is 2.05. The van der Waals surface area contributed by atoms with Crippen molar-refractivity contribution < 1.29 is 23.8 Å². The van der Waals surface area contributed by atoms with Crippen molar-refractivity contribution in [2.24, 2.45) is 0 Å². The molecule has 0 bridgehead atoms. The van der Waals surface area contributed by atoms with Crippen molar-refractivity contribution in [3.63, 3.8) is 0 Å². The van der Waals surface area contributed by atoms with E-state index in [1.165, 1.54) is 24.1 Å². The van der Waals surface area contributed by atoms with Crippen LogP contribution in [0.1, 0.15) is 17.3 Å². The summed E-state index contributed by atoms with van der Waals surface area (Å²) in [6, 6.07) is 15.3. The molecule has 0 atom stereocenters. The summed E-state index contributed by atoms with van der Waals surface area (Å²) in [4.78, 5) is 25.9. The summed E-state index contributed by atoms with van der Waals surface area (Å²) < 4.78 is 15.7. The molecule has 2 aromatic rings. The maximum absolute atomic E-state index is 12.4. The molecule has 1 amide bonds. The second kappa shape index (κ2) is 9.82. The van der Waals surface area contributed by atoms with Gasteiger partial charge in [-0.15, -0.1) is 0 Å². The van der Waals surface area contributed by atoms with Crippen molar-refractivity contribution in [1.29, 1.82) is 5.26 Å². The number of nitrogens with zero attached hydrogens (tertiary/aromatic N) is 2. The van der Waals surface area contributed by atoms with Gasteiger partial charge in [0.15, 0.2) is 18.1 Å². The monoisotopic (exact) mass is 368 g/mol. The molecule has 0 spiro atoms. The summed E-state index contributed by atoms with van der Waals surface area (Å²) in [5.74, 6) is -0.256. The number of para-hydroxylation sites is 1. The minimum Gasteiger partial charge on any atom is -0.493 e. The lowest BCUT2D eigenvalue weighted by Gasteiger charge is -2.19. The van der Waals surface area contributed by atoms with E-state index in [-0.39, 0.29) is 12.1 Å². The van der Waals surface area contributed by atoms with Crippen LogP contribution in [0.2, 0.25) is 0 Å². The smallest absolute Gasteiger partial charge is 0.338 e. The van der Waals surface area contributed by atoms with E-state index in [9.17, 15) is 9.59 Å². The van der Waals surface area contributed by atoms with Crippen LogP contribution in [0, 0.1) is 11.3 Å². The van der Waals surface area contributed by atoms with E-state index in [0.29, 0.717) is 23.8 Å². The Bertz CT molecular complexity index is 830. The number of anilines is 1. The molecule has 0 aliphatic rings. The van der Waals surface area contributed by atoms with E-state index in [2.05, 4.69) is 0 Å². The number of carbonyl (C=O) groups is 2. The van der Waals surface area contributed by atoms with Crippen molar-refractivity contribution in [3.8, 4) is 17.6 Å². The third kappa shape index (κ3) is 5.22. The Hall–Kier alpha value is -3.53. The Morgan fingerprint density at radius 1 is 1.11 bits per heavy atom. The van der Waals surface area contributed by atoms with Gasteiger partial charge in [0.25, 0.3) is 5.91 Å². The highest BCUT2D eigenvalue weighted by Crippen LogP contribution is 2.28. The first-order chi connectivity index (χ1) is 13.1. The minimum atomic E-state index is -0.672. The molecule has 0 saturated carbocycles. The molecule has 140 valence electrons.